The van der Waals surface area contributed by atoms with Gasteiger partial charge in [-0.05, 0) is 30.3 Å². The van der Waals surface area contributed by atoms with E-state index in [1.807, 2.05) is 5.38 Å². The second kappa shape index (κ2) is 7.97. The summed E-state index contributed by atoms with van der Waals surface area (Å²) in [7, 11) is 1.43. The fourth-order valence-electron chi connectivity index (χ4n) is 2.48. The molecule has 0 aliphatic heterocycles. The van der Waals surface area contributed by atoms with Crippen LogP contribution in [0.4, 0.5) is 10.1 Å². The number of nitrogen functional groups attached to an aromatic ring is 1. The molecular weight excluding hydrogens is 355 g/mol. The van der Waals surface area contributed by atoms with Crippen molar-refractivity contribution in [1.29, 1.82) is 0 Å². The lowest BCUT2D eigenvalue weighted by atomic mass is 10.1. The number of carbonyl (C=O) groups excluding carboxylic acids is 1. The van der Waals surface area contributed by atoms with E-state index in [2.05, 4.69) is 4.98 Å². The van der Waals surface area contributed by atoms with Crippen LogP contribution in [0.2, 0.25) is 0 Å². The molecule has 0 aliphatic rings. The van der Waals surface area contributed by atoms with Crippen molar-refractivity contribution in [1.82, 2.24) is 4.98 Å². The maximum Gasteiger partial charge on any atom is 0.204 e. The van der Waals surface area contributed by atoms with Gasteiger partial charge in [-0.25, -0.2) is 9.37 Å². The minimum absolute atomic E-state index is 0.0316. The maximum absolute atomic E-state index is 14.1. The molecule has 1 aromatic heterocycles. The van der Waals surface area contributed by atoms with Crippen LogP contribution in [0.3, 0.4) is 0 Å². The first-order valence-corrected chi connectivity index (χ1v) is 8.73. The molecule has 0 fully saturated rings. The van der Waals surface area contributed by atoms with Gasteiger partial charge in [0.05, 0.1) is 18.5 Å². The number of nitrogens with zero attached hydrogens (tertiary/aromatic N) is 1. The van der Waals surface area contributed by atoms with Crippen LogP contribution in [0.15, 0.2) is 48.0 Å². The van der Waals surface area contributed by atoms with Crippen LogP contribution in [-0.4, -0.2) is 17.9 Å². The summed E-state index contributed by atoms with van der Waals surface area (Å²) in [6.45, 7) is 0. The second-order valence-electron chi connectivity index (χ2n) is 5.56. The van der Waals surface area contributed by atoms with Gasteiger partial charge in [0.1, 0.15) is 11.5 Å². The van der Waals surface area contributed by atoms with Crippen molar-refractivity contribution in [3.63, 3.8) is 0 Å². The lowest BCUT2D eigenvalue weighted by Crippen LogP contribution is -2.08. The van der Waals surface area contributed by atoms with Crippen molar-refractivity contribution >= 4 is 22.8 Å². The summed E-state index contributed by atoms with van der Waals surface area (Å²) in [5.41, 5.74) is 6.92. The van der Waals surface area contributed by atoms with E-state index in [0.29, 0.717) is 17.0 Å². The third-order valence-corrected chi connectivity index (χ3v) is 4.45. The van der Waals surface area contributed by atoms with Crippen LogP contribution in [0, 0.1) is 5.82 Å². The summed E-state index contributed by atoms with van der Waals surface area (Å²) >= 11 is 1.42. The first-order valence-electron chi connectivity index (χ1n) is 7.85. The molecule has 0 atom stereocenters. The first-order chi connectivity index (χ1) is 12.6. The predicted molar refractivity (Wildman–Crippen MR) is 98.4 cm³/mol. The highest BCUT2D eigenvalue weighted by atomic mass is 32.1. The van der Waals surface area contributed by atoms with E-state index in [1.165, 1.54) is 30.6 Å². The third kappa shape index (κ3) is 4.18. The Labute approximate surface area is 154 Å². The van der Waals surface area contributed by atoms with Gasteiger partial charge >= 0.3 is 0 Å². The average molecular weight is 372 g/mol. The molecule has 0 saturated heterocycles. The van der Waals surface area contributed by atoms with Gasteiger partial charge in [0.25, 0.3) is 0 Å². The van der Waals surface area contributed by atoms with Gasteiger partial charge in [-0.15, -0.1) is 11.3 Å². The molecular formula is C19H17FN2O3S. The largest absolute Gasteiger partial charge is 0.493 e. The molecule has 1 heterocycles. The molecule has 0 spiro atoms. The average Bonchev–Trinajstić information content (AvgIpc) is 3.11. The number of thiazole rings is 1. The van der Waals surface area contributed by atoms with Crippen molar-refractivity contribution in [2.24, 2.45) is 0 Å². The topological polar surface area (TPSA) is 74.4 Å². The minimum atomic E-state index is -0.554. The van der Waals surface area contributed by atoms with E-state index in [-0.39, 0.29) is 30.1 Å². The Hall–Kier alpha value is -2.93. The van der Waals surface area contributed by atoms with Crippen molar-refractivity contribution in [3.8, 4) is 17.2 Å². The molecule has 134 valence electrons. The number of Topliss-reactive ketones (excluding diaryl/α,β-unsaturated/α-hetero) is 1. The number of hydrogen-bond donors (Lipinski definition) is 1. The van der Waals surface area contributed by atoms with Gasteiger partial charge in [0.15, 0.2) is 11.6 Å². The van der Waals surface area contributed by atoms with Crippen LogP contribution in [0.1, 0.15) is 10.6 Å². The maximum atomic E-state index is 14.1. The van der Waals surface area contributed by atoms with Crippen LogP contribution in [0.25, 0.3) is 0 Å². The van der Waals surface area contributed by atoms with Gasteiger partial charge in [0.2, 0.25) is 5.75 Å². The Morgan fingerprint density at radius 1 is 1.23 bits per heavy atom. The molecule has 7 heteroatoms. The molecule has 3 aromatic rings. The summed E-state index contributed by atoms with van der Waals surface area (Å²) in [5, 5.41) is 2.57. The quantitative estimate of drug-likeness (QED) is 0.634. The Balaban J connectivity index is 1.85. The normalized spacial score (nSPS) is 10.5. The molecule has 2 aromatic carbocycles. The highest BCUT2D eigenvalue weighted by molar-refractivity contribution is 7.09. The van der Waals surface area contributed by atoms with E-state index < -0.39 is 5.82 Å². The Morgan fingerprint density at radius 3 is 2.81 bits per heavy atom. The van der Waals surface area contributed by atoms with Crippen molar-refractivity contribution in [2.45, 2.75) is 12.8 Å². The van der Waals surface area contributed by atoms with Gasteiger partial charge in [-0.3, -0.25) is 4.79 Å². The van der Waals surface area contributed by atoms with Crippen molar-refractivity contribution < 1.29 is 18.7 Å². The highest BCUT2D eigenvalue weighted by Gasteiger charge is 2.16. The summed E-state index contributed by atoms with van der Waals surface area (Å²) in [6.07, 6.45) is 2.00. The SMILES string of the molecule is COc1cccc(F)c1Oc1ccc(N)cc1CC(=O)Cc1nccs1. The molecule has 3 rings (SSSR count). The number of rotatable bonds is 7. The standard InChI is InChI=1S/C19H17FN2O3S/c1-24-17-4-2-3-15(20)19(17)25-16-6-5-13(21)9-12(16)10-14(23)11-18-22-7-8-26-18/h2-9H,10-11,21H2,1H3. The van der Waals surface area contributed by atoms with Crippen LogP contribution in [-0.2, 0) is 17.6 Å². The van der Waals surface area contributed by atoms with E-state index in [0.717, 1.165) is 5.01 Å². The molecule has 0 saturated carbocycles. The van der Waals surface area contributed by atoms with E-state index in [9.17, 15) is 9.18 Å². The second-order valence-corrected chi connectivity index (χ2v) is 6.54. The number of ether oxygens (including phenoxy) is 2. The minimum Gasteiger partial charge on any atom is -0.493 e. The summed E-state index contributed by atoms with van der Waals surface area (Å²) in [5.74, 6) is 0.00232. The number of nitrogens with two attached hydrogens (primary N) is 1. The van der Waals surface area contributed by atoms with Gasteiger partial charge in [0, 0.05) is 29.2 Å². The summed E-state index contributed by atoms with van der Waals surface area (Å²) in [4.78, 5) is 16.5. The van der Waals surface area contributed by atoms with E-state index in [4.69, 9.17) is 15.2 Å². The van der Waals surface area contributed by atoms with E-state index in [1.54, 1.807) is 30.5 Å². The lowest BCUT2D eigenvalue weighted by Gasteiger charge is -2.14. The van der Waals surface area contributed by atoms with E-state index >= 15 is 0 Å². The van der Waals surface area contributed by atoms with Crippen LogP contribution >= 0.6 is 11.3 Å². The van der Waals surface area contributed by atoms with Gasteiger partial charge < -0.3 is 15.2 Å². The predicted octanol–water partition coefficient (Wildman–Crippen LogP) is 4.02. The van der Waals surface area contributed by atoms with Crippen molar-refractivity contribution in [2.75, 3.05) is 12.8 Å². The summed E-state index contributed by atoms with van der Waals surface area (Å²) in [6, 6.07) is 9.32. The van der Waals surface area contributed by atoms with Crippen molar-refractivity contribution in [3.05, 3.63) is 64.4 Å². The van der Waals surface area contributed by atoms with Gasteiger partial charge in [-0.2, -0.15) is 0 Å². The number of anilines is 1. The number of para-hydroxylation sites is 1. The fraction of sp³-hybridized carbons (Fsp3) is 0.158. The number of benzene rings is 2. The fourth-order valence-corrected chi connectivity index (χ4v) is 3.12. The number of hydrogen-bond acceptors (Lipinski definition) is 6. The smallest absolute Gasteiger partial charge is 0.204 e. The Kier molecular flexibility index (Phi) is 5.48. The lowest BCUT2D eigenvalue weighted by molar-refractivity contribution is -0.117. The molecule has 2 N–H and O–H groups in total. The third-order valence-electron chi connectivity index (χ3n) is 3.67. The zero-order valence-corrected chi connectivity index (χ0v) is 14.9. The Bertz CT molecular complexity index is 913. The number of aromatic nitrogens is 1. The molecule has 0 unspecified atom stereocenters. The zero-order chi connectivity index (χ0) is 18.5. The van der Waals surface area contributed by atoms with Gasteiger partial charge in [-0.1, -0.05) is 6.07 Å². The van der Waals surface area contributed by atoms with Crippen LogP contribution < -0.4 is 15.2 Å². The zero-order valence-electron chi connectivity index (χ0n) is 14.1. The highest BCUT2D eigenvalue weighted by Crippen LogP contribution is 2.36. The first kappa shape index (κ1) is 17.9. The monoisotopic (exact) mass is 372 g/mol. The number of carbonyl (C=O) groups is 1. The summed E-state index contributed by atoms with van der Waals surface area (Å²) < 4.78 is 25.0. The number of halogens is 1. The molecule has 5 nitrogen and oxygen atoms in total. The molecule has 26 heavy (non-hydrogen) atoms. The number of methoxy groups -OCH3 is 1. The Morgan fingerprint density at radius 2 is 2.08 bits per heavy atom. The van der Waals surface area contributed by atoms with Crippen LogP contribution in [0.5, 0.6) is 17.2 Å². The molecule has 0 aliphatic carbocycles. The molecule has 0 amide bonds. The molecule has 0 radical (unpaired) electrons. The number of ketones is 1. The molecule has 0 bridgehead atoms.